The zero-order valence-electron chi connectivity index (χ0n) is 27.1. The molecule has 2 aliphatic heterocycles. The van der Waals surface area contributed by atoms with Gasteiger partial charge in [0, 0.05) is 91.2 Å². The molecule has 1 atom stereocenters. The number of carbonyl (C=O) groups excluding carboxylic acids is 2. The zero-order chi connectivity index (χ0) is 34.2. The van der Waals surface area contributed by atoms with Gasteiger partial charge in [-0.15, -0.1) is 0 Å². The van der Waals surface area contributed by atoms with E-state index in [0.717, 1.165) is 60.7 Å². The fourth-order valence-corrected chi connectivity index (χ4v) is 6.57. The second-order valence-corrected chi connectivity index (χ2v) is 12.9. The summed E-state index contributed by atoms with van der Waals surface area (Å²) in [7, 11) is 0. The molecule has 11 nitrogen and oxygen atoms in total. The number of fused-ring (bicyclic) bond motifs is 1. The number of morpholine rings is 1. The number of hydrogen-bond donors (Lipinski definition) is 3. The van der Waals surface area contributed by atoms with Crippen molar-refractivity contribution in [3.8, 4) is 23.1 Å². The van der Waals surface area contributed by atoms with Crippen molar-refractivity contribution >= 4 is 35.0 Å². The number of nitrogens with zero attached hydrogens (tertiary/aromatic N) is 5. The number of aryl methyl sites for hydroxylation is 1. The van der Waals surface area contributed by atoms with E-state index in [1.54, 1.807) is 12.1 Å². The fraction of sp³-hybridized carbons (Fsp3) is 0.457. The average Bonchev–Trinajstić information content (AvgIpc) is 3.44. The lowest BCUT2D eigenvalue weighted by atomic mass is 9.99. The van der Waals surface area contributed by atoms with Crippen LogP contribution in [0.25, 0.3) is 11.3 Å². The fourth-order valence-electron chi connectivity index (χ4n) is 6.23. The van der Waals surface area contributed by atoms with Crippen molar-refractivity contribution in [2.24, 2.45) is 5.73 Å². The highest BCUT2D eigenvalue weighted by molar-refractivity contribution is 6.34. The van der Waals surface area contributed by atoms with Crippen molar-refractivity contribution in [3.05, 3.63) is 74.4 Å². The van der Waals surface area contributed by atoms with E-state index in [9.17, 15) is 19.8 Å². The van der Waals surface area contributed by atoms with E-state index >= 15 is 0 Å². The van der Waals surface area contributed by atoms with Crippen molar-refractivity contribution in [1.29, 1.82) is 0 Å². The van der Waals surface area contributed by atoms with E-state index < -0.39 is 11.8 Å². The smallest absolute Gasteiger partial charge is 0.311 e. The Balaban J connectivity index is 1.42. The van der Waals surface area contributed by atoms with Crippen molar-refractivity contribution in [2.45, 2.75) is 45.4 Å². The maximum atomic E-state index is 12.6. The van der Waals surface area contributed by atoms with Crippen molar-refractivity contribution in [2.75, 3.05) is 59.2 Å². The molecule has 0 bridgehead atoms. The van der Waals surface area contributed by atoms with Crippen LogP contribution in [0.3, 0.4) is 0 Å². The molecule has 0 spiro atoms. The highest BCUT2D eigenvalue weighted by Gasteiger charge is 2.30. The molecule has 2 aromatic carbocycles. The Bertz CT molecular complexity index is 1680. The van der Waals surface area contributed by atoms with Gasteiger partial charge in [0.15, 0.2) is 0 Å². The quantitative estimate of drug-likeness (QED) is 0.206. The summed E-state index contributed by atoms with van der Waals surface area (Å²) >= 11 is 13.1. The van der Waals surface area contributed by atoms with Gasteiger partial charge in [0.25, 0.3) is 0 Å². The largest absolute Gasteiger partial charge is 0.395 e. The van der Waals surface area contributed by atoms with Crippen LogP contribution in [0.4, 0.5) is 0 Å². The number of amides is 2. The van der Waals surface area contributed by atoms with Crippen LogP contribution in [0.5, 0.6) is 0 Å². The second-order valence-electron chi connectivity index (χ2n) is 12.1. The van der Waals surface area contributed by atoms with E-state index in [0.29, 0.717) is 66.5 Å². The van der Waals surface area contributed by atoms with Crippen LogP contribution in [-0.2, 0) is 40.4 Å². The number of aromatic nitrogens is 2. The zero-order valence-corrected chi connectivity index (χ0v) is 28.6. The Morgan fingerprint density at radius 2 is 1.83 bits per heavy atom. The van der Waals surface area contributed by atoms with Gasteiger partial charge in [-0.25, -0.2) is 0 Å². The first-order chi connectivity index (χ1) is 23.2. The number of benzene rings is 2. The molecule has 3 heterocycles. The summed E-state index contributed by atoms with van der Waals surface area (Å²) in [5.41, 5.74) is 11.0. The predicted octanol–water partition coefficient (Wildman–Crippen LogP) is 2.52. The molecule has 5 rings (SSSR count). The molecule has 48 heavy (non-hydrogen) atoms. The van der Waals surface area contributed by atoms with E-state index in [2.05, 4.69) is 23.7 Å². The minimum Gasteiger partial charge on any atom is -0.395 e. The molecular weight excluding hydrogens is 655 g/mol. The number of primary amides is 1. The monoisotopic (exact) mass is 696 g/mol. The van der Waals surface area contributed by atoms with Crippen molar-refractivity contribution in [3.63, 3.8) is 0 Å². The van der Waals surface area contributed by atoms with Gasteiger partial charge in [-0.2, -0.15) is 5.10 Å². The summed E-state index contributed by atoms with van der Waals surface area (Å²) < 4.78 is 7.62. The second kappa shape index (κ2) is 16.8. The molecule has 1 fully saturated rings. The summed E-state index contributed by atoms with van der Waals surface area (Å²) in [4.78, 5) is 30.1. The molecular formula is C35H42Cl2N6O5. The van der Waals surface area contributed by atoms with Gasteiger partial charge in [0.1, 0.15) is 0 Å². The van der Waals surface area contributed by atoms with Gasteiger partial charge in [-0.3, -0.25) is 24.1 Å². The Morgan fingerprint density at radius 1 is 1.06 bits per heavy atom. The van der Waals surface area contributed by atoms with Crippen molar-refractivity contribution < 1.29 is 24.5 Å². The summed E-state index contributed by atoms with van der Waals surface area (Å²) in [5.74, 6) is 4.71. The lowest BCUT2D eigenvalue weighted by Crippen LogP contribution is -2.44. The molecule has 2 amide bonds. The van der Waals surface area contributed by atoms with Crippen LogP contribution in [-0.4, -0.2) is 112 Å². The number of hydrogen-bond acceptors (Lipinski definition) is 8. The first-order valence-corrected chi connectivity index (χ1v) is 17.0. The minimum atomic E-state index is -0.976. The van der Waals surface area contributed by atoms with E-state index in [4.69, 9.17) is 38.8 Å². The third-order valence-electron chi connectivity index (χ3n) is 8.81. The summed E-state index contributed by atoms with van der Waals surface area (Å²) in [6, 6.07) is 11.5. The van der Waals surface area contributed by atoms with Gasteiger partial charge in [-0.05, 0) is 49.2 Å². The standard InChI is InChI=1S/C35H42Cl2N6O5/c1-24-23-48-18-15-41(24)10-2-11-43-32-9-12-42(35(47)34(38)46)22-29(32)33(39-43)27-6-8-30(36)26(20-27)5-3-25-4-7-31(37)28(19-25)21-40(13-16-44)14-17-45/h4,6-8,19-20,24,44-45H,2,9-18,21-23H2,1H3,(H2,38,46). The number of rotatable bonds is 11. The Hall–Kier alpha value is -3.47. The molecule has 256 valence electrons. The molecule has 1 aromatic heterocycles. The topological polar surface area (TPSA) is 137 Å². The normalized spacial score (nSPS) is 16.5. The van der Waals surface area contributed by atoms with Gasteiger partial charge in [-0.1, -0.05) is 41.1 Å². The molecule has 2 aliphatic rings. The maximum Gasteiger partial charge on any atom is 0.311 e. The number of carbonyl (C=O) groups is 2. The molecule has 3 aromatic rings. The first-order valence-electron chi connectivity index (χ1n) is 16.2. The molecule has 0 saturated carbocycles. The van der Waals surface area contributed by atoms with Crippen LogP contribution in [0.15, 0.2) is 36.4 Å². The highest BCUT2D eigenvalue weighted by Crippen LogP contribution is 2.32. The van der Waals surface area contributed by atoms with Crippen LogP contribution in [0.1, 0.15) is 41.3 Å². The Labute approximate surface area is 291 Å². The average molecular weight is 698 g/mol. The molecule has 1 unspecified atom stereocenters. The van der Waals surface area contributed by atoms with E-state index in [1.807, 2.05) is 33.8 Å². The number of nitrogens with two attached hydrogens (primary N) is 1. The lowest BCUT2D eigenvalue weighted by Gasteiger charge is -2.33. The highest BCUT2D eigenvalue weighted by atomic mass is 35.5. The molecule has 1 saturated heterocycles. The number of ether oxygens (including phenoxy) is 1. The summed E-state index contributed by atoms with van der Waals surface area (Å²) in [5, 5.41) is 24.9. The first kappa shape index (κ1) is 35.8. The number of halogens is 2. The molecule has 0 aliphatic carbocycles. The maximum absolute atomic E-state index is 12.6. The van der Waals surface area contributed by atoms with E-state index in [-0.39, 0.29) is 19.8 Å². The van der Waals surface area contributed by atoms with Gasteiger partial charge in [0.05, 0.1) is 43.7 Å². The predicted molar refractivity (Wildman–Crippen MR) is 184 cm³/mol. The van der Waals surface area contributed by atoms with Crippen LogP contribution in [0, 0.1) is 11.8 Å². The van der Waals surface area contributed by atoms with Gasteiger partial charge >= 0.3 is 11.8 Å². The molecule has 13 heteroatoms. The van der Waals surface area contributed by atoms with Crippen LogP contribution < -0.4 is 5.73 Å². The summed E-state index contributed by atoms with van der Waals surface area (Å²) in [6.07, 6.45) is 1.46. The van der Waals surface area contributed by atoms with E-state index in [1.165, 1.54) is 4.90 Å². The third-order valence-corrected chi connectivity index (χ3v) is 9.50. The lowest BCUT2D eigenvalue weighted by molar-refractivity contribution is -0.144. The minimum absolute atomic E-state index is 0.0272. The Morgan fingerprint density at radius 3 is 2.56 bits per heavy atom. The molecule has 0 radical (unpaired) electrons. The molecule has 4 N–H and O–H groups in total. The number of aliphatic hydroxyl groups excluding tert-OH is 2. The summed E-state index contributed by atoms with van der Waals surface area (Å²) in [6.45, 7) is 8.05. The van der Waals surface area contributed by atoms with Gasteiger partial charge < -0.3 is 25.6 Å². The SMILES string of the molecule is CC1COCCN1CCCn1nc(-c2ccc(Cl)c(C#Cc3ccc(Cl)c(CN(CCO)CCO)c3)c2)c2c1CCN(C(=O)C(N)=O)C2. The van der Waals surface area contributed by atoms with Crippen LogP contribution in [0.2, 0.25) is 10.0 Å². The van der Waals surface area contributed by atoms with Crippen LogP contribution >= 0.6 is 23.2 Å². The Kier molecular flexibility index (Phi) is 12.5. The third kappa shape index (κ3) is 8.76. The number of aliphatic hydroxyl groups is 2. The van der Waals surface area contributed by atoms with Gasteiger partial charge in [0.2, 0.25) is 0 Å². The van der Waals surface area contributed by atoms with Crippen molar-refractivity contribution in [1.82, 2.24) is 24.5 Å².